The molecule has 10 rings (SSSR count). The van der Waals surface area contributed by atoms with Gasteiger partial charge in [0.25, 0.3) is 0 Å². The van der Waals surface area contributed by atoms with Gasteiger partial charge in [-0.15, -0.1) is 0 Å². The van der Waals surface area contributed by atoms with E-state index in [2.05, 4.69) is 208 Å². The Morgan fingerprint density at radius 2 is 1.04 bits per heavy atom. The molecule has 55 heavy (non-hydrogen) atoms. The van der Waals surface area contributed by atoms with E-state index < -0.39 is 0 Å². The van der Waals surface area contributed by atoms with Gasteiger partial charge in [0.2, 0.25) is 0 Å². The van der Waals surface area contributed by atoms with E-state index >= 15 is 0 Å². The third-order valence-corrected chi connectivity index (χ3v) is 11.9. The van der Waals surface area contributed by atoms with Crippen LogP contribution in [0.5, 0.6) is 0 Å². The van der Waals surface area contributed by atoms with Crippen LogP contribution >= 0.6 is 0 Å². The standard InChI is InChI=1S/C54H41N/c1-54(2)48-32-43(29-30-47(48)53-49(54)33-44-21-12-13-24-46(44)52(53)40-19-10-5-11-20-40)42-23-14-22-41(31-42)36-25-27-37(28-26-36)45-34-50(38-15-6-3-7-16-38)55-51(35-45)39-17-8-4-9-18-39/h3-31,33-35,43H,32H2,1-2H3. The Balaban J connectivity index is 0.971. The summed E-state index contributed by atoms with van der Waals surface area (Å²) >= 11 is 0. The van der Waals surface area contributed by atoms with Crippen molar-refractivity contribution in [3.63, 3.8) is 0 Å². The third kappa shape index (κ3) is 5.84. The molecule has 0 aliphatic heterocycles. The Bertz CT molecular complexity index is 2710. The maximum Gasteiger partial charge on any atom is 0.0715 e. The van der Waals surface area contributed by atoms with Gasteiger partial charge in [-0.3, -0.25) is 0 Å². The molecule has 1 nitrogen and oxygen atoms in total. The SMILES string of the molecule is CC1(C)C2=C(C=CC(c3cccc(-c4ccc(-c5cc(-c6ccccc6)nc(-c6ccccc6)c5)cc4)c3)C2)c2c1cc1ccccc1c2-c1ccccc1. The molecule has 0 radical (unpaired) electrons. The molecular formula is C54H41N. The summed E-state index contributed by atoms with van der Waals surface area (Å²) < 4.78 is 0. The average Bonchev–Trinajstić information content (AvgIpc) is 3.48. The lowest BCUT2D eigenvalue weighted by molar-refractivity contribution is 0.591. The molecule has 2 aliphatic rings. The Morgan fingerprint density at radius 3 is 1.69 bits per heavy atom. The van der Waals surface area contributed by atoms with Crippen LogP contribution in [0.1, 0.15) is 42.9 Å². The zero-order valence-electron chi connectivity index (χ0n) is 31.2. The van der Waals surface area contributed by atoms with E-state index in [0.29, 0.717) is 5.92 Å². The summed E-state index contributed by atoms with van der Waals surface area (Å²) in [6.45, 7) is 4.86. The first-order valence-corrected chi connectivity index (χ1v) is 19.4. The van der Waals surface area contributed by atoms with Crippen LogP contribution in [0, 0.1) is 0 Å². The molecule has 0 amide bonds. The van der Waals surface area contributed by atoms with Gasteiger partial charge in [0.1, 0.15) is 0 Å². The molecular weight excluding hydrogens is 663 g/mol. The Morgan fingerprint density at radius 1 is 0.473 bits per heavy atom. The molecule has 0 N–H and O–H groups in total. The Labute approximate surface area is 324 Å². The van der Waals surface area contributed by atoms with Crippen molar-refractivity contribution in [2.75, 3.05) is 0 Å². The summed E-state index contributed by atoms with van der Waals surface area (Å²) in [4.78, 5) is 5.08. The van der Waals surface area contributed by atoms with Crippen LogP contribution in [0.15, 0.2) is 200 Å². The number of hydrogen-bond acceptors (Lipinski definition) is 1. The van der Waals surface area contributed by atoms with Crippen LogP contribution in [-0.4, -0.2) is 4.98 Å². The van der Waals surface area contributed by atoms with E-state index in [1.165, 1.54) is 60.9 Å². The maximum absolute atomic E-state index is 5.08. The van der Waals surface area contributed by atoms with Crippen LogP contribution in [-0.2, 0) is 5.41 Å². The van der Waals surface area contributed by atoms with Gasteiger partial charge in [0.05, 0.1) is 11.4 Å². The third-order valence-electron chi connectivity index (χ3n) is 11.9. The van der Waals surface area contributed by atoms with Crippen molar-refractivity contribution in [1.82, 2.24) is 4.98 Å². The largest absolute Gasteiger partial charge is 0.248 e. The number of nitrogens with zero attached hydrogens (tertiary/aromatic N) is 1. The predicted molar refractivity (Wildman–Crippen MR) is 232 cm³/mol. The first-order valence-electron chi connectivity index (χ1n) is 19.4. The lowest BCUT2D eigenvalue weighted by Gasteiger charge is -2.29. The van der Waals surface area contributed by atoms with E-state index in [-0.39, 0.29) is 5.41 Å². The van der Waals surface area contributed by atoms with Crippen molar-refractivity contribution in [2.24, 2.45) is 0 Å². The molecule has 0 spiro atoms. The normalized spacial score (nSPS) is 15.6. The number of rotatable bonds is 6. The minimum atomic E-state index is -0.0671. The van der Waals surface area contributed by atoms with Crippen LogP contribution in [0.2, 0.25) is 0 Å². The van der Waals surface area contributed by atoms with Gasteiger partial charge in [-0.1, -0.05) is 195 Å². The van der Waals surface area contributed by atoms with Gasteiger partial charge in [-0.05, 0) is 91.0 Å². The van der Waals surface area contributed by atoms with Crippen molar-refractivity contribution < 1.29 is 0 Å². The number of aromatic nitrogens is 1. The topological polar surface area (TPSA) is 12.9 Å². The number of allylic oxidation sites excluding steroid dienone is 4. The molecule has 7 aromatic carbocycles. The van der Waals surface area contributed by atoms with E-state index in [1.54, 1.807) is 5.57 Å². The Kier molecular flexibility index (Phi) is 8.03. The van der Waals surface area contributed by atoms with Crippen LogP contribution in [0.3, 0.4) is 0 Å². The van der Waals surface area contributed by atoms with E-state index in [4.69, 9.17) is 4.98 Å². The molecule has 1 heterocycles. The molecule has 0 saturated carbocycles. The second-order valence-corrected chi connectivity index (χ2v) is 15.5. The van der Waals surface area contributed by atoms with E-state index in [0.717, 1.165) is 34.5 Å². The smallest absolute Gasteiger partial charge is 0.0715 e. The molecule has 1 atom stereocenters. The highest BCUT2D eigenvalue weighted by Gasteiger charge is 2.41. The maximum atomic E-state index is 5.08. The van der Waals surface area contributed by atoms with E-state index in [9.17, 15) is 0 Å². The van der Waals surface area contributed by atoms with Crippen molar-refractivity contribution in [1.29, 1.82) is 0 Å². The van der Waals surface area contributed by atoms with Gasteiger partial charge in [0, 0.05) is 22.5 Å². The zero-order chi connectivity index (χ0) is 36.9. The molecule has 262 valence electrons. The van der Waals surface area contributed by atoms with Gasteiger partial charge in [-0.25, -0.2) is 4.98 Å². The number of benzene rings is 7. The highest BCUT2D eigenvalue weighted by Crippen LogP contribution is 2.56. The lowest BCUT2D eigenvalue weighted by Crippen LogP contribution is -2.19. The van der Waals surface area contributed by atoms with E-state index in [1.807, 2.05) is 0 Å². The van der Waals surface area contributed by atoms with Gasteiger partial charge in [0.15, 0.2) is 0 Å². The molecule has 0 bridgehead atoms. The fourth-order valence-electron chi connectivity index (χ4n) is 8.97. The summed E-state index contributed by atoms with van der Waals surface area (Å²) in [6.07, 6.45) is 5.90. The molecule has 8 aromatic rings. The van der Waals surface area contributed by atoms with Gasteiger partial charge in [-0.2, -0.15) is 0 Å². The van der Waals surface area contributed by atoms with Gasteiger partial charge >= 0.3 is 0 Å². The summed E-state index contributed by atoms with van der Waals surface area (Å²) in [5.74, 6) is 0.311. The molecule has 0 saturated heterocycles. The van der Waals surface area contributed by atoms with Crippen molar-refractivity contribution in [2.45, 2.75) is 31.6 Å². The summed E-state index contributed by atoms with van der Waals surface area (Å²) in [6, 6.07) is 65.9. The molecule has 1 aromatic heterocycles. The quantitative estimate of drug-likeness (QED) is 0.168. The first-order chi connectivity index (χ1) is 27.0. The summed E-state index contributed by atoms with van der Waals surface area (Å²) in [5, 5.41) is 2.63. The van der Waals surface area contributed by atoms with Gasteiger partial charge < -0.3 is 0 Å². The monoisotopic (exact) mass is 703 g/mol. The first kappa shape index (κ1) is 33.0. The number of fused-ring (bicyclic) bond motifs is 3. The second kappa shape index (κ2) is 13.4. The summed E-state index contributed by atoms with van der Waals surface area (Å²) in [5.41, 5.74) is 18.7. The van der Waals surface area contributed by atoms with Crippen LogP contribution in [0.25, 0.3) is 72.2 Å². The fraction of sp³-hybridized carbons (Fsp3) is 0.0926. The minimum Gasteiger partial charge on any atom is -0.248 e. The van der Waals surface area contributed by atoms with Crippen molar-refractivity contribution in [3.05, 3.63) is 216 Å². The predicted octanol–water partition coefficient (Wildman–Crippen LogP) is 14.4. The van der Waals surface area contributed by atoms with Crippen molar-refractivity contribution in [3.8, 4) is 55.9 Å². The second-order valence-electron chi connectivity index (χ2n) is 15.5. The summed E-state index contributed by atoms with van der Waals surface area (Å²) in [7, 11) is 0. The molecule has 0 fully saturated rings. The molecule has 1 unspecified atom stereocenters. The molecule has 2 aliphatic carbocycles. The van der Waals surface area contributed by atoms with Crippen LogP contribution in [0.4, 0.5) is 0 Å². The Hall–Kier alpha value is -6.57. The van der Waals surface area contributed by atoms with Crippen molar-refractivity contribution >= 4 is 16.3 Å². The zero-order valence-corrected chi connectivity index (χ0v) is 31.2. The highest BCUT2D eigenvalue weighted by atomic mass is 14.7. The average molecular weight is 704 g/mol. The minimum absolute atomic E-state index is 0.0671. The molecule has 1 heteroatoms. The highest BCUT2D eigenvalue weighted by molar-refractivity contribution is 6.07. The van der Waals surface area contributed by atoms with Crippen LogP contribution < -0.4 is 0 Å². The number of hydrogen-bond donors (Lipinski definition) is 0. The number of pyridine rings is 1. The lowest BCUT2D eigenvalue weighted by atomic mass is 9.74. The fourth-order valence-corrected chi connectivity index (χ4v) is 8.97.